The van der Waals surface area contributed by atoms with Gasteiger partial charge in [0.25, 0.3) is 0 Å². The molecule has 3 rings (SSSR count). The van der Waals surface area contributed by atoms with Crippen molar-refractivity contribution in [3.05, 3.63) is 65.0 Å². The van der Waals surface area contributed by atoms with Crippen LogP contribution < -0.4 is 10.1 Å². The van der Waals surface area contributed by atoms with E-state index in [0.717, 1.165) is 5.56 Å². The van der Waals surface area contributed by atoms with Crippen LogP contribution in [0.15, 0.2) is 36.4 Å². The van der Waals surface area contributed by atoms with E-state index in [9.17, 15) is 22.8 Å². The molecule has 1 fully saturated rings. The summed E-state index contributed by atoms with van der Waals surface area (Å²) < 4.78 is 46.2. The second-order valence-corrected chi connectivity index (χ2v) is 6.78. The molecule has 9 heteroatoms. The van der Waals surface area contributed by atoms with Crippen molar-refractivity contribution in [1.82, 2.24) is 10.2 Å². The molecule has 0 aliphatic carbocycles. The second kappa shape index (κ2) is 8.42. The van der Waals surface area contributed by atoms with Crippen molar-refractivity contribution in [2.45, 2.75) is 24.9 Å². The van der Waals surface area contributed by atoms with Gasteiger partial charge in [0.15, 0.2) is 11.6 Å². The van der Waals surface area contributed by atoms with Crippen LogP contribution in [-0.4, -0.2) is 41.7 Å². The molecule has 2 unspecified atom stereocenters. The number of carbonyl (C=O) groups excluding carboxylic acids is 1. The van der Waals surface area contributed by atoms with Crippen LogP contribution in [0.2, 0.25) is 0 Å². The molecular weight excluding hydrogens is 389 g/mol. The summed E-state index contributed by atoms with van der Waals surface area (Å²) in [6, 6.07) is 7.20. The lowest BCUT2D eigenvalue weighted by molar-refractivity contribution is -0.135. The van der Waals surface area contributed by atoms with Gasteiger partial charge in [-0.15, -0.1) is 0 Å². The van der Waals surface area contributed by atoms with Crippen LogP contribution >= 0.6 is 0 Å². The molecule has 0 saturated carbocycles. The van der Waals surface area contributed by atoms with Gasteiger partial charge < -0.3 is 20.1 Å². The van der Waals surface area contributed by atoms with Gasteiger partial charge in [-0.2, -0.15) is 0 Å². The summed E-state index contributed by atoms with van der Waals surface area (Å²) in [6.07, 6.45) is -1.61. The van der Waals surface area contributed by atoms with E-state index in [0.29, 0.717) is 17.9 Å². The Morgan fingerprint density at radius 1 is 1.17 bits per heavy atom. The first-order valence-corrected chi connectivity index (χ1v) is 8.83. The number of methoxy groups -OCH3 is 1. The van der Waals surface area contributed by atoms with E-state index in [2.05, 4.69) is 5.32 Å². The van der Waals surface area contributed by atoms with Crippen molar-refractivity contribution in [2.24, 2.45) is 0 Å². The molecule has 1 heterocycles. The minimum atomic E-state index is -1.36. The molecule has 0 aromatic heterocycles. The number of nitrogens with one attached hydrogen (secondary N) is 1. The molecular formula is C20H19F3N2O4. The zero-order valence-corrected chi connectivity index (χ0v) is 15.5. The van der Waals surface area contributed by atoms with Crippen LogP contribution in [-0.2, 0) is 11.3 Å². The van der Waals surface area contributed by atoms with Crippen LogP contribution in [0.4, 0.5) is 18.0 Å². The van der Waals surface area contributed by atoms with Crippen LogP contribution in [0.1, 0.15) is 23.5 Å². The first-order chi connectivity index (χ1) is 13.8. The Morgan fingerprint density at radius 2 is 1.83 bits per heavy atom. The van der Waals surface area contributed by atoms with Gasteiger partial charge in [-0.25, -0.2) is 18.0 Å². The molecule has 0 radical (unpaired) electrons. The fourth-order valence-corrected chi connectivity index (χ4v) is 3.48. The molecule has 2 aromatic carbocycles. The average Bonchev–Trinajstić information content (AvgIpc) is 2.67. The van der Waals surface area contributed by atoms with E-state index >= 15 is 0 Å². The number of ether oxygens (including phenoxy) is 1. The quantitative estimate of drug-likeness (QED) is 0.745. The van der Waals surface area contributed by atoms with E-state index in [-0.39, 0.29) is 31.0 Å². The first kappa shape index (κ1) is 20.5. The van der Waals surface area contributed by atoms with Gasteiger partial charge in [0.05, 0.1) is 13.2 Å². The standard InChI is InChI=1S/C20H19F3N2O4/c1-29-12-4-2-11(3-5-12)9-25-10-18(24-20(27)28)14(7-19(25)26)13-6-16(22)17(23)8-15(13)21/h2-6,8,14,18,24H,7,9-10H2,1H3,(H,27,28). The van der Waals surface area contributed by atoms with Gasteiger partial charge >= 0.3 is 6.09 Å². The van der Waals surface area contributed by atoms with Crippen LogP contribution in [0.5, 0.6) is 5.75 Å². The Balaban J connectivity index is 1.85. The lowest BCUT2D eigenvalue weighted by Gasteiger charge is -2.38. The second-order valence-electron chi connectivity index (χ2n) is 6.78. The number of carboxylic acid groups (broad SMARTS) is 1. The molecule has 6 nitrogen and oxygen atoms in total. The van der Waals surface area contributed by atoms with Crippen molar-refractivity contribution in [1.29, 1.82) is 0 Å². The van der Waals surface area contributed by atoms with Crippen LogP contribution in [0.25, 0.3) is 0 Å². The van der Waals surface area contributed by atoms with Crippen molar-refractivity contribution >= 4 is 12.0 Å². The molecule has 154 valence electrons. The maximum atomic E-state index is 14.2. The van der Waals surface area contributed by atoms with Gasteiger partial charge in [0, 0.05) is 31.5 Å². The molecule has 0 spiro atoms. The maximum Gasteiger partial charge on any atom is 0.404 e. The highest BCUT2D eigenvalue weighted by atomic mass is 19.2. The number of nitrogens with zero attached hydrogens (tertiary/aromatic N) is 1. The summed E-state index contributed by atoms with van der Waals surface area (Å²) in [7, 11) is 1.53. The number of hydrogen-bond acceptors (Lipinski definition) is 3. The minimum Gasteiger partial charge on any atom is -0.497 e. The molecule has 1 saturated heterocycles. The monoisotopic (exact) mass is 408 g/mol. The van der Waals surface area contributed by atoms with Gasteiger partial charge in [-0.05, 0) is 29.3 Å². The van der Waals surface area contributed by atoms with Crippen LogP contribution in [0, 0.1) is 17.5 Å². The SMILES string of the molecule is COc1ccc(CN2CC(NC(=O)O)C(c3cc(F)c(F)cc3F)CC2=O)cc1. The normalized spacial score (nSPS) is 19.2. The topological polar surface area (TPSA) is 78.9 Å². The lowest BCUT2D eigenvalue weighted by Crippen LogP contribution is -2.53. The van der Waals surface area contributed by atoms with E-state index in [4.69, 9.17) is 9.84 Å². The third-order valence-electron chi connectivity index (χ3n) is 4.93. The lowest BCUT2D eigenvalue weighted by atomic mass is 9.84. The number of halogens is 3. The van der Waals surface area contributed by atoms with E-state index < -0.39 is 35.5 Å². The Bertz CT molecular complexity index is 921. The van der Waals surface area contributed by atoms with Crippen molar-refractivity contribution < 1.29 is 32.6 Å². The predicted molar refractivity (Wildman–Crippen MR) is 97.0 cm³/mol. The first-order valence-electron chi connectivity index (χ1n) is 8.83. The molecule has 2 atom stereocenters. The highest BCUT2D eigenvalue weighted by molar-refractivity contribution is 5.79. The number of piperidine rings is 1. The third-order valence-corrected chi connectivity index (χ3v) is 4.93. The van der Waals surface area contributed by atoms with Gasteiger partial charge in [-0.1, -0.05) is 12.1 Å². The Kier molecular flexibility index (Phi) is 5.95. The number of rotatable bonds is 5. The maximum absolute atomic E-state index is 14.2. The minimum absolute atomic E-state index is 0.0414. The number of carbonyl (C=O) groups is 2. The summed E-state index contributed by atoms with van der Waals surface area (Å²) in [5.41, 5.74) is 0.561. The molecule has 2 aromatic rings. The Hall–Kier alpha value is -3.23. The summed E-state index contributed by atoms with van der Waals surface area (Å²) in [4.78, 5) is 25.3. The van der Waals surface area contributed by atoms with E-state index in [1.807, 2.05) is 0 Å². The predicted octanol–water partition coefficient (Wildman–Crippen LogP) is 3.26. The number of likely N-dealkylation sites (tertiary alicyclic amines) is 1. The molecule has 2 amide bonds. The number of hydrogen-bond donors (Lipinski definition) is 2. The average molecular weight is 408 g/mol. The fourth-order valence-electron chi connectivity index (χ4n) is 3.48. The van der Waals surface area contributed by atoms with E-state index in [1.165, 1.54) is 12.0 Å². The van der Waals surface area contributed by atoms with Gasteiger partial charge in [0.2, 0.25) is 5.91 Å². The largest absolute Gasteiger partial charge is 0.497 e. The van der Waals surface area contributed by atoms with Crippen LogP contribution in [0.3, 0.4) is 0 Å². The zero-order valence-electron chi connectivity index (χ0n) is 15.5. The molecule has 1 aliphatic rings. The molecule has 0 bridgehead atoms. The molecule has 1 aliphatic heterocycles. The molecule has 2 N–H and O–H groups in total. The summed E-state index contributed by atoms with van der Waals surface area (Å²) in [5, 5.41) is 11.4. The Morgan fingerprint density at radius 3 is 2.45 bits per heavy atom. The highest BCUT2D eigenvalue weighted by Crippen LogP contribution is 2.33. The van der Waals surface area contributed by atoms with Crippen molar-refractivity contribution in [3.8, 4) is 5.75 Å². The van der Waals surface area contributed by atoms with E-state index in [1.54, 1.807) is 24.3 Å². The van der Waals surface area contributed by atoms with Gasteiger partial charge in [0.1, 0.15) is 11.6 Å². The Labute approximate surface area is 164 Å². The third kappa shape index (κ3) is 4.61. The smallest absolute Gasteiger partial charge is 0.404 e. The molecule has 29 heavy (non-hydrogen) atoms. The summed E-state index contributed by atoms with van der Waals surface area (Å²) in [6.45, 7) is 0.174. The summed E-state index contributed by atoms with van der Waals surface area (Å²) >= 11 is 0. The highest BCUT2D eigenvalue weighted by Gasteiger charge is 2.37. The number of benzene rings is 2. The van der Waals surface area contributed by atoms with Gasteiger partial charge in [-0.3, -0.25) is 4.79 Å². The zero-order chi connectivity index (χ0) is 21.1. The van der Waals surface area contributed by atoms with Crippen molar-refractivity contribution in [3.63, 3.8) is 0 Å². The number of amides is 2. The van der Waals surface area contributed by atoms with Crippen molar-refractivity contribution in [2.75, 3.05) is 13.7 Å². The summed E-state index contributed by atoms with van der Waals surface area (Å²) in [5.74, 6) is -4.29. The fraction of sp³-hybridized carbons (Fsp3) is 0.300.